The third-order valence-electron chi connectivity index (χ3n) is 3.23. The number of benzene rings is 1. The van der Waals surface area contributed by atoms with Crippen molar-refractivity contribution in [3.8, 4) is 0 Å². The van der Waals surface area contributed by atoms with Gasteiger partial charge < -0.3 is 10.2 Å². The summed E-state index contributed by atoms with van der Waals surface area (Å²) in [5.41, 5.74) is 2.41. The van der Waals surface area contributed by atoms with E-state index >= 15 is 0 Å². The van der Waals surface area contributed by atoms with Crippen molar-refractivity contribution in [1.29, 1.82) is 0 Å². The molecule has 0 fully saturated rings. The molecule has 1 N–H and O–H groups in total. The van der Waals surface area contributed by atoms with Crippen molar-refractivity contribution in [2.75, 3.05) is 18.0 Å². The molecule has 1 heterocycles. The minimum atomic E-state index is 0.887. The van der Waals surface area contributed by atoms with Crippen LogP contribution < -0.4 is 10.2 Å². The molecule has 106 valence electrons. The average Bonchev–Trinajstić information content (AvgIpc) is 2.51. The molecule has 0 saturated carbocycles. The first-order chi connectivity index (χ1) is 9.85. The van der Waals surface area contributed by atoms with E-state index in [1.54, 1.807) is 0 Å². The maximum atomic E-state index is 4.59. The smallest absolute Gasteiger partial charge is 0.132 e. The first-order valence-electron chi connectivity index (χ1n) is 7.33. The third kappa shape index (κ3) is 3.81. The summed E-state index contributed by atoms with van der Waals surface area (Å²) in [7, 11) is 0. The highest BCUT2D eigenvalue weighted by Crippen LogP contribution is 2.22. The molecule has 1 aromatic heterocycles. The fourth-order valence-corrected chi connectivity index (χ4v) is 2.18. The molecule has 20 heavy (non-hydrogen) atoms. The number of aromatic nitrogens is 1. The highest BCUT2D eigenvalue weighted by Gasteiger charge is 2.07. The molecule has 0 bridgehead atoms. The minimum absolute atomic E-state index is 0.887. The van der Waals surface area contributed by atoms with E-state index in [0.717, 1.165) is 31.9 Å². The molecule has 0 aliphatic rings. The van der Waals surface area contributed by atoms with Crippen LogP contribution in [0.2, 0.25) is 0 Å². The van der Waals surface area contributed by atoms with Gasteiger partial charge in [0, 0.05) is 25.0 Å². The van der Waals surface area contributed by atoms with Gasteiger partial charge >= 0.3 is 0 Å². The van der Waals surface area contributed by atoms with E-state index in [1.807, 2.05) is 12.3 Å². The third-order valence-corrected chi connectivity index (χ3v) is 3.23. The predicted molar refractivity (Wildman–Crippen MR) is 85.4 cm³/mol. The number of pyridine rings is 1. The molecule has 1 aromatic carbocycles. The van der Waals surface area contributed by atoms with Gasteiger partial charge in [0.15, 0.2) is 0 Å². The Bertz CT molecular complexity index is 493. The summed E-state index contributed by atoms with van der Waals surface area (Å²) >= 11 is 0. The van der Waals surface area contributed by atoms with Crippen LogP contribution in [-0.4, -0.2) is 18.1 Å². The van der Waals surface area contributed by atoms with Crippen molar-refractivity contribution in [3.05, 3.63) is 54.2 Å². The molecular formula is C17H23N3. The number of para-hydroxylation sites is 1. The molecule has 0 radical (unpaired) electrons. The molecule has 3 heteroatoms. The fraction of sp³-hybridized carbons (Fsp3) is 0.353. The van der Waals surface area contributed by atoms with Gasteiger partial charge in [0.25, 0.3) is 0 Å². The Morgan fingerprint density at radius 3 is 2.45 bits per heavy atom. The van der Waals surface area contributed by atoms with Gasteiger partial charge in [-0.3, -0.25) is 0 Å². The molecule has 0 aliphatic carbocycles. The predicted octanol–water partition coefficient (Wildman–Crippen LogP) is 3.74. The van der Waals surface area contributed by atoms with E-state index in [9.17, 15) is 0 Å². The summed E-state index contributed by atoms with van der Waals surface area (Å²) in [6, 6.07) is 14.6. The van der Waals surface area contributed by atoms with E-state index in [-0.39, 0.29) is 0 Å². The molecule has 0 aliphatic heterocycles. The maximum Gasteiger partial charge on any atom is 0.132 e. The Morgan fingerprint density at radius 2 is 1.85 bits per heavy atom. The molecular weight excluding hydrogens is 246 g/mol. The summed E-state index contributed by atoms with van der Waals surface area (Å²) in [5, 5.41) is 3.39. The zero-order valence-corrected chi connectivity index (χ0v) is 12.3. The van der Waals surface area contributed by atoms with Crippen molar-refractivity contribution < 1.29 is 0 Å². The number of hydrogen-bond acceptors (Lipinski definition) is 3. The molecule has 2 rings (SSSR count). The van der Waals surface area contributed by atoms with Crippen LogP contribution in [0, 0.1) is 0 Å². The van der Waals surface area contributed by atoms with Gasteiger partial charge in [-0.05, 0) is 43.7 Å². The lowest BCUT2D eigenvalue weighted by Crippen LogP contribution is -2.18. The summed E-state index contributed by atoms with van der Waals surface area (Å²) in [6.07, 6.45) is 3.12. The Kier molecular flexibility index (Phi) is 5.56. The molecule has 0 saturated heterocycles. The van der Waals surface area contributed by atoms with Gasteiger partial charge in [-0.2, -0.15) is 0 Å². The first kappa shape index (κ1) is 14.5. The fourth-order valence-electron chi connectivity index (χ4n) is 2.18. The van der Waals surface area contributed by atoms with Gasteiger partial charge in [0.2, 0.25) is 0 Å². The quantitative estimate of drug-likeness (QED) is 0.776. The van der Waals surface area contributed by atoms with Crippen molar-refractivity contribution in [2.24, 2.45) is 0 Å². The summed E-state index contributed by atoms with van der Waals surface area (Å²) in [6.45, 7) is 7.16. The minimum Gasteiger partial charge on any atom is -0.327 e. The molecule has 3 nitrogen and oxygen atoms in total. The Labute approximate surface area is 121 Å². The lowest BCUT2D eigenvalue weighted by molar-refractivity contribution is 0.674. The molecule has 0 amide bonds. The Balaban J connectivity index is 2.08. The molecule has 0 atom stereocenters. The van der Waals surface area contributed by atoms with E-state index < -0.39 is 0 Å². The van der Waals surface area contributed by atoms with Crippen LogP contribution in [0.1, 0.15) is 25.8 Å². The zero-order valence-electron chi connectivity index (χ0n) is 12.3. The van der Waals surface area contributed by atoms with Crippen LogP contribution in [0.3, 0.4) is 0 Å². The van der Waals surface area contributed by atoms with Crippen LogP contribution in [-0.2, 0) is 6.54 Å². The van der Waals surface area contributed by atoms with Crippen molar-refractivity contribution >= 4 is 11.5 Å². The SMILES string of the molecule is CCCNCc1ccc(N(CC)c2ccccc2)nc1. The molecule has 0 spiro atoms. The van der Waals surface area contributed by atoms with Crippen LogP contribution in [0.25, 0.3) is 0 Å². The number of hydrogen-bond donors (Lipinski definition) is 1. The number of nitrogens with one attached hydrogen (secondary N) is 1. The maximum absolute atomic E-state index is 4.59. The lowest BCUT2D eigenvalue weighted by Gasteiger charge is -2.22. The lowest BCUT2D eigenvalue weighted by atomic mass is 10.2. The largest absolute Gasteiger partial charge is 0.327 e. The van der Waals surface area contributed by atoms with Crippen LogP contribution in [0.4, 0.5) is 11.5 Å². The monoisotopic (exact) mass is 269 g/mol. The standard InChI is InChI=1S/C17H23N3/c1-3-12-18-13-15-10-11-17(19-14-15)20(4-2)16-8-6-5-7-9-16/h5-11,14,18H,3-4,12-13H2,1-2H3. The van der Waals surface area contributed by atoms with Crippen molar-refractivity contribution in [1.82, 2.24) is 10.3 Å². The second-order valence-corrected chi connectivity index (χ2v) is 4.78. The van der Waals surface area contributed by atoms with E-state index in [0.29, 0.717) is 0 Å². The molecule has 0 unspecified atom stereocenters. The van der Waals surface area contributed by atoms with Gasteiger partial charge in [-0.1, -0.05) is 31.2 Å². The topological polar surface area (TPSA) is 28.2 Å². The first-order valence-corrected chi connectivity index (χ1v) is 7.33. The summed E-state index contributed by atoms with van der Waals surface area (Å²) in [5.74, 6) is 0.998. The Morgan fingerprint density at radius 1 is 1.05 bits per heavy atom. The van der Waals surface area contributed by atoms with Crippen molar-refractivity contribution in [2.45, 2.75) is 26.8 Å². The van der Waals surface area contributed by atoms with Gasteiger partial charge in [-0.15, -0.1) is 0 Å². The zero-order chi connectivity index (χ0) is 14.2. The second-order valence-electron chi connectivity index (χ2n) is 4.78. The van der Waals surface area contributed by atoms with Gasteiger partial charge in [-0.25, -0.2) is 4.98 Å². The number of anilines is 2. The average molecular weight is 269 g/mol. The van der Waals surface area contributed by atoms with Gasteiger partial charge in [0.05, 0.1) is 0 Å². The van der Waals surface area contributed by atoms with Crippen molar-refractivity contribution in [3.63, 3.8) is 0 Å². The van der Waals surface area contributed by atoms with E-state index in [2.05, 4.69) is 65.4 Å². The van der Waals surface area contributed by atoms with Crippen LogP contribution in [0.5, 0.6) is 0 Å². The number of rotatable bonds is 7. The van der Waals surface area contributed by atoms with E-state index in [1.165, 1.54) is 11.3 Å². The van der Waals surface area contributed by atoms with Crippen LogP contribution >= 0.6 is 0 Å². The van der Waals surface area contributed by atoms with Gasteiger partial charge in [0.1, 0.15) is 5.82 Å². The highest BCUT2D eigenvalue weighted by atomic mass is 15.2. The van der Waals surface area contributed by atoms with E-state index in [4.69, 9.17) is 0 Å². The molecule has 2 aromatic rings. The normalized spacial score (nSPS) is 10.5. The van der Waals surface area contributed by atoms with Crippen LogP contribution in [0.15, 0.2) is 48.7 Å². The Hall–Kier alpha value is -1.87. The highest BCUT2D eigenvalue weighted by molar-refractivity contribution is 5.59. The second kappa shape index (κ2) is 7.65. The summed E-state index contributed by atoms with van der Waals surface area (Å²) in [4.78, 5) is 6.80. The summed E-state index contributed by atoms with van der Waals surface area (Å²) < 4.78 is 0. The number of nitrogens with zero attached hydrogens (tertiary/aromatic N) is 2.